The van der Waals surface area contributed by atoms with Gasteiger partial charge in [0.1, 0.15) is 6.10 Å². The summed E-state index contributed by atoms with van der Waals surface area (Å²) in [6.07, 6.45) is 5.24. The van der Waals surface area contributed by atoms with Crippen molar-refractivity contribution >= 4 is 0 Å². The number of hydrogen-bond acceptors (Lipinski definition) is 5. The molecule has 0 spiro atoms. The minimum Gasteiger partial charge on any atom is -0.370 e. The van der Waals surface area contributed by atoms with E-state index in [1.807, 2.05) is 6.92 Å². The summed E-state index contributed by atoms with van der Waals surface area (Å²) in [7, 11) is 0. The molecule has 0 saturated heterocycles. The SMILES string of the molecule is CCOC(c1noc(C2(N)CCCCC2)n1)C(C)C. The van der Waals surface area contributed by atoms with Gasteiger partial charge in [-0.3, -0.25) is 0 Å². The Bertz CT molecular complexity index is 397. The zero-order valence-corrected chi connectivity index (χ0v) is 12.2. The van der Waals surface area contributed by atoms with E-state index in [0.717, 1.165) is 25.7 Å². The van der Waals surface area contributed by atoms with Crippen LogP contribution in [0.4, 0.5) is 0 Å². The molecule has 1 atom stereocenters. The Morgan fingerprint density at radius 3 is 2.58 bits per heavy atom. The molecule has 1 heterocycles. The highest BCUT2D eigenvalue weighted by atomic mass is 16.5. The highest BCUT2D eigenvalue weighted by molar-refractivity contribution is 5.05. The number of ether oxygens (including phenoxy) is 1. The number of nitrogens with two attached hydrogens (primary N) is 1. The summed E-state index contributed by atoms with van der Waals surface area (Å²) in [5.74, 6) is 1.51. The largest absolute Gasteiger partial charge is 0.370 e. The Morgan fingerprint density at radius 1 is 1.32 bits per heavy atom. The highest BCUT2D eigenvalue weighted by Crippen LogP contribution is 2.34. The van der Waals surface area contributed by atoms with Gasteiger partial charge in [-0.15, -0.1) is 0 Å². The third-order valence-electron chi connectivity index (χ3n) is 3.82. The summed E-state index contributed by atoms with van der Waals surface area (Å²) in [5, 5.41) is 4.09. The number of hydrogen-bond donors (Lipinski definition) is 1. The molecular formula is C14H25N3O2. The van der Waals surface area contributed by atoms with E-state index >= 15 is 0 Å². The fourth-order valence-electron chi connectivity index (χ4n) is 2.69. The second-order valence-electron chi connectivity index (χ2n) is 5.79. The molecule has 0 aliphatic heterocycles. The van der Waals surface area contributed by atoms with Crippen molar-refractivity contribution < 1.29 is 9.26 Å². The van der Waals surface area contributed by atoms with Gasteiger partial charge >= 0.3 is 0 Å². The van der Waals surface area contributed by atoms with Crippen LogP contribution in [0, 0.1) is 5.92 Å². The number of nitrogens with zero attached hydrogens (tertiary/aromatic N) is 2. The van der Waals surface area contributed by atoms with Crippen LogP contribution in [0.1, 0.15) is 70.7 Å². The Labute approximate surface area is 114 Å². The van der Waals surface area contributed by atoms with Crippen molar-refractivity contribution in [2.45, 2.75) is 64.5 Å². The Balaban J connectivity index is 2.17. The molecular weight excluding hydrogens is 242 g/mol. The molecule has 0 radical (unpaired) electrons. The second-order valence-corrected chi connectivity index (χ2v) is 5.79. The summed E-state index contributed by atoms with van der Waals surface area (Å²) in [6, 6.07) is 0. The van der Waals surface area contributed by atoms with Gasteiger partial charge in [0.15, 0.2) is 0 Å². The van der Waals surface area contributed by atoms with E-state index in [1.165, 1.54) is 6.42 Å². The fourth-order valence-corrected chi connectivity index (χ4v) is 2.69. The summed E-state index contributed by atoms with van der Waals surface area (Å²) in [5.41, 5.74) is 5.97. The third kappa shape index (κ3) is 3.15. The van der Waals surface area contributed by atoms with E-state index < -0.39 is 5.54 Å². The molecule has 2 N–H and O–H groups in total. The highest BCUT2D eigenvalue weighted by Gasteiger charge is 2.36. The molecule has 1 fully saturated rings. The summed E-state index contributed by atoms with van der Waals surface area (Å²) >= 11 is 0. The van der Waals surface area contributed by atoms with Crippen LogP contribution in [0.25, 0.3) is 0 Å². The van der Waals surface area contributed by atoms with Crippen LogP contribution in [0.15, 0.2) is 4.52 Å². The molecule has 0 aromatic carbocycles. The fraction of sp³-hybridized carbons (Fsp3) is 0.857. The standard InChI is InChI=1S/C14H25N3O2/c1-4-18-11(10(2)3)12-16-13(19-17-12)14(15)8-6-5-7-9-14/h10-11H,4-9,15H2,1-3H3. The lowest BCUT2D eigenvalue weighted by Crippen LogP contribution is -2.39. The normalized spacial score (nSPS) is 20.7. The zero-order valence-electron chi connectivity index (χ0n) is 12.2. The maximum atomic E-state index is 6.41. The summed E-state index contributed by atoms with van der Waals surface area (Å²) in [4.78, 5) is 4.52. The molecule has 1 aliphatic rings. The summed E-state index contributed by atoms with van der Waals surface area (Å²) < 4.78 is 11.1. The van der Waals surface area contributed by atoms with Crippen molar-refractivity contribution in [2.75, 3.05) is 6.61 Å². The average molecular weight is 267 g/mol. The van der Waals surface area contributed by atoms with E-state index in [9.17, 15) is 0 Å². The van der Waals surface area contributed by atoms with Gasteiger partial charge in [0.2, 0.25) is 11.7 Å². The van der Waals surface area contributed by atoms with Gasteiger partial charge in [-0.25, -0.2) is 0 Å². The quantitative estimate of drug-likeness (QED) is 0.887. The van der Waals surface area contributed by atoms with Crippen LogP contribution >= 0.6 is 0 Å². The van der Waals surface area contributed by atoms with E-state index in [4.69, 9.17) is 15.0 Å². The zero-order chi connectivity index (χ0) is 13.9. The van der Waals surface area contributed by atoms with E-state index in [1.54, 1.807) is 0 Å². The van der Waals surface area contributed by atoms with Crippen molar-refractivity contribution in [1.82, 2.24) is 10.1 Å². The molecule has 0 bridgehead atoms. The maximum absolute atomic E-state index is 6.41. The van der Waals surface area contributed by atoms with Crippen LogP contribution in [-0.2, 0) is 10.3 Å². The van der Waals surface area contributed by atoms with E-state index in [-0.39, 0.29) is 6.10 Å². The maximum Gasteiger partial charge on any atom is 0.246 e. The molecule has 5 nitrogen and oxygen atoms in total. The van der Waals surface area contributed by atoms with Crippen LogP contribution in [0.2, 0.25) is 0 Å². The molecule has 2 rings (SSSR count). The first kappa shape index (κ1) is 14.5. The third-order valence-corrected chi connectivity index (χ3v) is 3.82. The monoisotopic (exact) mass is 267 g/mol. The molecule has 1 unspecified atom stereocenters. The van der Waals surface area contributed by atoms with Crippen molar-refractivity contribution in [3.8, 4) is 0 Å². The lowest BCUT2D eigenvalue weighted by molar-refractivity contribution is 0.0217. The first-order valence-corrected chi connectivity index (χ1v) is 7.31. The lowest BCUT2D eigenvalue weighted by Gasteiger charge is -2.29. The minimum absolute atomic E-state index is 0.116. The smallest absolute Gasteiger partial charge is 0.246 e. The number of aromatic nitrogens is 2. The first-order valence-electron chi connectivity index (χ1n) is 7.31. The molecule has 1 aliphatic carbocycles. The topological polar surface area (TPSA) is 74.2 Å². The van der Waals surface area contributed by atoms with Gasteiger partial charge in [-0.05, 0) is 25.7 Å². The molecule has 5 heteroatoms. The van der Waals surface area contributed by atoms with Gasteiger partial charge in [0.25, 0.3) is 0 Å². The second kappa shape index (κ2) is 6.01. The first-order chi connectivity index (χ1) is 9.07. The Morgan fingerprint density at radius 2 is 2.00 bits per heavy atom. The molecule has 1 saturated carbocycles. The van der Waals surface area contributed by atoms with E-state index in [0.29, 0.717) is 24.2 Å². The van der Waals surface area contributed by atoms with Crippen LogP contribution in [0.5, 0.6) is 0 Å². The molecule has 1 aromatic heterocycles. The molecule has 108 valence electrons. The van der Waals surface area contributed by atoms with Gasteiger partial charge in [-0.1, -0.05) is 38.3 Å². The van der Waals surface area contributed by atoms with Crippen molar-refractivity contribution in [1.29, 1.82) is 0 Å². The Hall–Kier alpha value is -0.940. The van der Waals surface area contributed by atoms with Gasteiger partial charge in [-0.2, -0.15) is 4.98 Å². The predicted octanol–water partition coefficient (Wildman–Crippen LogP) is 2.92. The van der Waals surface area contributed by atoms with Gasteiger partial charge in [0.05, 0.1) is 5.54 Å². The van der Waals surface area contributed by atoms with Crippen LogP contribution in [0.3, 0.4) is 0 Å². The Kier molecular flexibility index (Phi) is 4.58. The molecule has 0 amide bonds. The van der Waals surface area contributed by atoms with E-state index in [2.05, 4.69) is 24.0 Å². The lowest BCUT2D eigenvalue weighted by atomic mass is 9.82. The van der Waals surface area contributed by atoms with Crippen LogP contribution in [-0.4, -0.2) is 16.7 Å². The minimum atomic E-state index is -0.433. The van der Waals surface area contributed by atoms with Gasteiger partial charge in [0, 0.05) is 6.61 Å². The summed E-state index contributed by atoms with van der Waals surface area (Å²) in [6.45, 7) is 6.80. The predicted molar refractivity (Wildman–Crippen MR) is 72.5 cm³/mol. The van der Waals surface area contributed by atoms with Crippen molar-refractivity contribution in [3.05, 3.63) is 11.7 Å². The van der Waals surface area contributed by atoms with Gasteiger partial charge < -0.3 is 15.0 Å². The number of rotatable bonds is 5. The average Bonchev–Trinajstić information content (AvgIpc) is 2.86. The van der Waals surface area contributed by atoms with Crippen LogP contribution < -0.4 is 5.73 Å². The molecule has 1 aromatic rings. The van der Waals surface area contributed by atoms with Crippen molar-refractivity contribution in [2.24, 2.45) is 11.7 Å². The molecule has 19 heavy (non-hydrogen) atoms. The van der Waals surface area contributed by atoms with Crippen molar-refractivity contribution in [3.63, 3.8) is 0 Å².